The predicted octanol–water partition coefficient (Wildman–Crippen LogP) is 2.80. The molecule has 0 heterocycles. The highest BCUT2D eigenvalue weighted by Crippen LogP contribution is 2.17. The molecular formula is C14H19BrN2O3. The molecule has 0 atom stereocenters. The Morgan fingerprint density at radius 1 is 1.20 bits per heavy atom. The Bertz CT molecular complexity index is 479. The summed E-state index contributed by atoms with van der Waals surface area (Å²) in [6.07, 6.45) is 0.534. The summed E-state index contributed by atoms with van der Waals surface area (Å²) >= 11 is 3.45. The molecule has 0 aromatic heterocycles. The molecule has 0 aliphatic carbocycles. The molecule has 0 aliphatic heterocycles. The third kappa shape index (κ3) is 5.21. The Hall–Kier alpha value is -1.56. The third-order valence-electron chi connectivity index (χ3n) is 2.90. The van der Waals surface area contributed by atoms with Crippen LogP contribution < -0.4 is 0 Å². The van der Waals surface area contributed by atoms with Gasteiger partial charge >= 0.3 is 12.0 Å². The molecule has 6 heteroatoms. The van der Waals surface area contributed by atoms with Gasteiger partial charge in [-0.25, -0.2) is 4.79 Å². The van der Waals surface area contributed by atoms with Crippen LogP contribution in [0.2, 0.25) is 0 Å². The van der Waals surface area contributed by atoms with Crippen LogP contribution in [0.15, 0.2) is 28.7 Å². The van der Waals surface area contributed by atoms with Gasteiger partial charge in [0.25, 0.3) is 0 Å². The first-order chi connectivity index (χ1) is 9.41. The van der Waals surface area contributed by atoms with E-state index in [0.29, 0.717) is 19.5 Å². The highest BCUT2D eigenvalue weighted by Gasteiger charge is 2.15. The van der Waals surface area contributed by atoms with Gasteiger partial charge in [-0.3, -0.25) is 4.79 Å². The van der Waals surface area contributed by atoms with Crippen molar-refractivity contribution in [3.63, 3.8) is 0 Å². The fraction of sp³-hybridized carbons (Fsp3) is 0.429. The van der Waals surface area contributed by atoms with Crippen LogP contribution in [0.5, 0.6) is 0 Å². The van der Waals surface area contributed by atoms with Crippen molar-refractivity contribution in [3.05, 3.63) is 34.3 Å². The molecule has 0 unspecified atom stereocenters. The number of halogens is 1. The summed E-state index contributed by atoms with van der Waals surface area (Å²) in [5.74, 6) is -0.840. The second kappa shape index (κ2) is 7.89. The molecule has 0 saturated carbocycles. The van der Waals surface area contributed by atoms with Crippen LogP contribution in [0.3, 0.4) is 0 Å². The average Bonchev–Trinajstić information content (AvgIpc) is 2.39. The van der Waals surface area contributed by atoms with Gasteiger partial charge in [-0.2, -0.15) is 0 Å². The van der Waals surface area contributed by atoms with Crippen molar-refractivity contribution in [2.24, 2.45) is 0 Å². The number of benzene rings is 1. The maximum atomic E-state index is 12.1. The maximum absolute atomic E-state index is 12.1. The zero-order valence-corrected chi connectivity index (χ0v) is 13.3. The topological polar surface area (TPSA) is 60.9 Å². The van der Waals surface area contributed by atoms with E-state index in [2.05, 4.69) is 15.9 Å². The number of aliphatic carboxylic acids is 1. The monoisotopic (exact) mass is 342 g/mol. The lowest BCUT2D eigenvalue weighted by molar-refractivity contribution is -0.137. The largest absolute Gasteiger partial charge is 0.481 e. The van der Waals surface area contributed by atoms with E-state index < -0.39 is 5.97 Å². The Morgan fingerprint density at radius 2 is 1.85 bits per heavy atom. The van der Waals surface area contributed by atoms with E-state index in [0.717, 1.165) is 10.0 Å². The van der Waals surface area contributed by atoms with Gasteiger partial charge in [-0.05, 0) is 18.1 Å². The van der Waals surface area contributed by atoms with Gasteiger partial charge in [0.1, 0.15) is 0 Å². The zero-order chi connectivity index (χ0) is 15.1. The molecule has 1 N–H and O–H groups in total. The van der Waals surface area contributed by atoms with E-state index in [1.165, 1.54) is 0 Å². The van der Waals surface area contributed by atoms with Crippen molar-refractivity contribution >= 4 is 27.9 Å². The fourth-order valence-corrected chi connectivity index (χ4v) is 2.21. The van der Waals surface area contributed by atoms with Gasteiger partial charge in [-0.15, -0.1) is 0 Å². The molecule has 5 nitrogen and oxygen atoms in total. The van der Waals surface area contributed by atoms with Crippen molar-refractivity contribution < 1.29 is 14.7 Å². The molecule has 0 fully saturated rings. The first kappa shape index (κ1) is 16.5. The number of nitrogens with zero attached hydrogens (tertiary/aromatic N) is 2. The molecular weight excluding hydrogens is 324 g/mol. The summed E-state index contributed by atoms with van der Waals surface area (Å²) in [6.45, 7) is 0.939. The first-order valence-electron chi connectivity index (χ1n) is 6.33. The van der Waals surface area contributed by atoms with Crippen molar-refractivity contribution in [2.75, 3.05) is 20.6 Å². The highest BCUT2D eigenvalue weighted by molar-refractivity contribution is 9.10. The minimum atomic E-state index is -0.840. The van der Waals surface area contributed by atoms with Gasteiger partial charge in [0.05, 0.1) is 0 Å². The van der Waals surface area contributed by atoms with Crippen LogP contribution in [0.25, 0.3) is 0 Å². The lowest BCUT2D eigenvalue weighted by atomic mass is 10.2. The standard InChI is InChI=1S/C14H19BrN2O3/c1-16(9-5-8-13(18)19)14(20)17(2)10-11-6-3-4-7-12(11)15/h3-4,6-7H,5,8-10H2,1-2H3,(H,18,19). The number of carbonyl (C=O) groups is 2. The minimum absolute atomic E-state index is 0.0750. The van der Waals surface area contributed by atoms with Gasteiger partial charge in [-0.1, -0.05) is 34.1 Å². The van der Waals surface area contributed by atoms with Gasteiger partial charge in [0, 0.05) is 38.1 Å². The number of urea groups is 1. The number of carbonyl (C=O) groups excluding carboxylic acids is 1. The molecule has 1 aromatic carbocycles. The molecule has 1 aromatic rings. The molecule has 0 saturated heterocycles. The van der Waals surface area contributed by atoms with Crippen LogP contribution in [0.4, 0.5) is 4.79 Å². The highest BCUT2D eigenvalue weighted by atomic mass is 79.9. The smallest absolute Gasteiger partial charge is 0.319 e. The second-order valence-corrected chi connectivity index (χ2v) is 5.50. The SMILES string of the molecule is CN(CCCC(=O)O)C(=O)N(C)Cc1ccccc1Br. The molecule has 20 heavy (non-hydrogen) atoms. The molecule has 0 radical (unpaired) electrons. The summed E-state index contributed by atoms with van der Waals surface area (Å²) < 4.78 is 0.966. The molecule has 1 rings (SSSR count). The van der Waals surface area contributed by atoms with Crippen molar-refractivity contribution in [1.82, 2.24) is 9.80 Å². The lowest BCUT2D eigenvalue weighted by Crippen LogP contribution is -2.39. The zero-order valence-electron chi connectivity index (χ0n) is 11.7. The summed E-state index contributed by atoms with van der Waals surface area (Å²) in [4.78, 5) is 25.7. The summed E-state index contributed by atoms with van der Waals surface area (Å²) in [7, 11) is 3.41. The fourth-order valence-electron chi connectivity index (χ4n) is 1.80. The summed E-state index contributed by atoms with van der Waals surface area (Å²) in [5, 5.41) is 8.58. The van der Waals surface area contributed by atoms with E-state index in [4.69, 9.17) is 5.11 Å². The van der Waals surface area contributed by atoms with Gasteiger partial charge < -0.3 is 14.9 Å². The van der Waals surface area contributed by atoms with Crippen molar-refractivity contribution in [1.29, 1.82) is 0 Å². The van der Waals surface area contributed by atoms with Crippen LogP contribution in [0.1, 0.15) is 18.4 Å². The Labute approximate surface area is 127 Å². The normalized spacial score (nSPS) is 10.2. The molecule has 0 bridgehead atoms. The first-order valence-corrected chi connectivity index (χ1v) is 7.12. The lowest BCUT2D eigenvalue weighted by Gasteiger charge is -2.25. The molecule has 110 valence electrons. The van der Waals surface area contributed by atoms with Crippen LogP contribution in [0, 0.1) is 0 Å². The molecule has 0 spiro atoms. The van der Waals surface area contributed by atoms with E-state index in [1.807, 2.05) is 24.3 Å². The average molecular weight is 343 g/mol. The minimum Gasteiger partial charge on any atom is -0.481 e. The van der Waals surface area contributed by atoms with Gasteiger partial charge in [0.2, 0.25) is 0 Å². The van der Waals surface area contributed by atoms with Crippen LogP contribution in [-0.4, -0.2) is 47.5 Å². The Kier molecular flexibility index (Phi) is 6.51. The quantitative estimate of drug-likeness (QED) is 0.864. The predicted molar refractivity (Wildman–Crippen MR) is 80.5 cm³/mol. The van der Waals surface area contributed by atoms with Crippen LogP contribution >= 0.6 is 15.9 Å². The Morgan fingerprint density at radius 3 is 2.45 bits per heavy atom. The number of carboxylic acid groups (broad SMARTS) is 1. The number of amides is 2. The van der Waals surface area contributed by atoms with E-state index >= 15 is 0 Å². The second-order valence-electron chi connectivity index (χ2n) is 4.65. The van der Waals surface area contributed by atoms with E-state index in [9.17, 15) is 9.59 Å². The summed E-state index contributed by atoms with van der Waals surface area (Å²) in [5.41, 5.74) is 1.03. The third-order valence-corrected chi connectivity index (χ3v) is 3.68. The molecule has 2 amide bonds. The van der Waals surface area contributed by atoms with Crippen molar-refractivity contribution in [2.45, 2.75) is 19.4 Å². The Balaban J connectivity index is 2.50. The number of hydrogen-bond donors (Lipinski definition) is 1. The van der Waals surface area contributed by atoms with E-state index in [-0.39, 0.29) is 12.5 Å². The van der Waals surface area contributed by atoms with Gasteiger partial charge in [0.15, 0.2) is 0 Å². The van der Waals surface area contributed by atoms with Crippen molar-refractivity contribution in [3.8, 4) is 0 Å². The number of rotatable bonds is 6. The summed E-state index contributed by atoms with van der Waals surface area (Å²) in [6, 6.07) is 7.62. The molecule has 0 aliphatic rings. The maximum Gasteiger partial charge on any atom is 0.319 e. The van der Waals surface area contributed by atoms with Crippen LogP contribution in [-0.2, 0) is 11.3 Å². The number of carboxylic acids is 1. The van der Waals surface area contributed by atoms with E-state index in [1.54, 1.807) is 23.9 Å². The number of hydrogen-bond acceptors (Lipinski definition) is 2.